The molecule has 2 aromatic heterocycles. The van der Waals surface area contributed by atoms with Gasteiger partial charge in [0, 0.05) is 26.2 Å². The second-order valence-corrected chi connectivity index (χ2v) is 7.73. The number of anilines is 1. The van der Waals surface area contributed by atoms with Crippen LogP contribution in [-0.2, 0) is 4.79 Å². The van der Waals surface area contributed by atoms with Gasteiger partial charge < -0.3 is 15.5 Å². The molecule has 7 heteroatoms. The van der Waals surface area contributed by atoms with E-state index in [1.54, 1.807) is 17.7 Å². The number of amides is 1. The Balaban J connectivity index is 1.45. The van der Waals surface area contributed by atoms with Gasteiger partial charge in [-0.15, -0.1) is 11.3 Å². The number of carbonyl (C=O) groups is 1. The summed E-state index contributed by atoms with van der Waals surface area (Å²) in [6, 6.07) is 2.07. The molecule has 0 radical (unpaired) electrons. The van der Waals surface area contributed by atoms with Gasteiger partial charge in [-0.1, -0.05) is 19.3 Å². The Morgan fingerprint density at radius 1 is 1.12 bits per heavy atom. The topological polar surface area (TPSA) is 75.4 Å². The molecule has 0 aromatic carbocycles. The van der Waals surface area contributed by atoms with Gasteiger partial charge in [0.05, 0.1) is 10.9 Å². The lowest BCUT2D eigenvalue weighted by atomic mass is 9.81. The zero-order valence-corrected chi connectivity index (χ0v) is 14.6. The molecule has 0 atom stereocenters. The largest absolute Gasteiger partial charge is 0.352 e. The van der Waals surface area contributed by atoms with Crippen LogP contribution in [0.5, 0.6) is 0 Å². The molecule has 1 saturated heterocycles. The van der Waals surface area contributed by atoms with Crippen molar-refractivity contribution < 1.29 is 4.79 Å². The normalized spacial score (nSPS) is 21.2. The molecule has 2 aliphatic rings. The third-order valence-electron chi connectivity index (χ3n) is 5.28. The summed E-state index contributed by atoms with van der Waals surface area (Å²) in [6.45, 7) is 3.02. The summed E-state index contributed by atoms with van der Waals surface area (Å²) in [7, 11) is 0. The van der Waals surface area contributed by atoms with Crippen LogP contribution in [0.15, 0.2) is 17.8 Å². The van der Waals surface area contributed by atoms with Gasteiger partial charge in [-0.3, -0.25) is 4.79 Å². The highest BCUT2D eigenvalue weighted by Gasteiger charge is 2.39. The van der Waals surface area contributed by atoms with Crippen molar-refractivity contribution in [3.8, 4) is 0 Å². The fraction of sp³-hybridized carbons (Fsp3) is 0.588. The summed E-state index contributed by atoms with van der Waals surface area (Å²) in [5, 5.41) is 3.15. The first-order valence-electron chi connectivity index (χ1n) is 8.69. The highest BCUT2D eigenvalue weighted by atomic mass is 32.1. The van der Waals surface area contributed by atoms with Crippen molar-refractivity contribution in [2.24, 2.45) is 5.73 Å². The molecule has 6 nitrogen and oxygen atoms in total. The molecular formula is C17H23N5OS. The first-order valence-corrected chi connectivity index (χ1v) is 9.57. The first kappa shape index (κ1) is 15.8. The molecular weight excluding hydrogens is 322 g/mol. The fourth-order valence-corrected chi connectivity index (χ4v) is 4.59. The quantitative estimate of drug-likeness (QED) is 0.901. The summed E-state index contributed by atoms with van der Waals surface area (Å²) in [4.78, 5) is 26.8. The smallest absolute Gasteiger partial charge is 0.242 e. The lowest BCUT2D eigenvalue weighted by Crippen LogP contribution is -2.60. The van der Waals surface area contributed by atoms with Gasteiger partial charge in [-0.25, -0.2) is 9.97 Å². The van der Waals surface area contributed by atoms with Crippen molar-refractivity contribution in [1.29, 1.82) is 0 Å². The standard InChI is InChI=1S/C17H23N5OS/c18-17(5-2-1-3-6-17)16(23)22-9-7-21(8-10-22)14-13-4-11-24-15(13)20-12-19-14/h4,11-12H,1-3,5-10,18H2. The van der Waals surface area contributed by atoms with Gasteiger partial charge in [0.15, 0.2) is 0 Å². The maximum absolute atomic E-state index is 12.8. The van der Waals surface area contributed by atoms with Crippen LogP contribution < -0.4 is 10.6 Å². The Morgan fingerprint density at radius 2 is 1.88 bits per heavy atom. The average Bonchev–Trinajstić information content (AvgIpc) is 3.11. The highest BCUT2D eigenvalue weighted by Crippen LogP contribution is 2.30. The first-order chi connectivity index (χ1) is 11.7. The second kappa shape index (κ2) is 6.29. The molecule has 2 N–H and O–H groups in total. The minimum atomic E-state index is -0.629. The number of hydrogen-bond donors (Lipinski definition) is 1. The monoisotopic (exact) mass is 345 g/mol. The number of nitrogens with two attached hydrogens (primary N) is 1. The van der Waals surface area contributed by atoms with Gasteiger partial charge in [0.2, 0.25) is 5.91 Å². The molecule has 128 valence electrons. The Labute approximate surface area is 145 Å². The number of fused-ring (bicyclic) bond motifs is 1. The molecule has 0 unspecified atom stereocenters. The van der Waals surface area contributed by atoms with Crippen molar-refractivity contribution in [2.75, 3.05) is 31.1 Å². The van der Waals surface area contributed by atoms with E-state index in [1.165, 1.54) is 6.42 Å². The second-order valence-electron chi connectivity index (χ2n) is 6.83. The number of nitrogens with zero attached hydrogens (tertiary/aromatic N) is 4. The van der Waals surface area contributed by atoms with Crippen LogP contribution in [0.2, 0.25) is 0 Å². The van der Waals surface area contributed by atoms with E-state index in [2.05, 4.69) is 20.9 Å². The van der Waals surface area contributed by atoms with Gasteiger partial charge in [0.1, 0.15) is 17.0 Å². The minimum absolute atomic E-state index is 0.144. The summed E-state index contributed by atoms with van der Waals surface area (Å²) < 4.78 is 0. The van der Waals surface area contributed by atoms with E-state index in [1.807, 2.05) is 10.3 Å². The summed E-state index contributed by atoms with van der Waals surface area (Å²) in [5.74, 6) is 1.12. The van der Waals surface area contributed by atoms with Gasteiger partial charge in [0.25, 0.3) is 0 Å². The van der Waals surface area contributed by atoms with E-state index in [9.17, 15) is 4.79 Å². The van der Waals surface area contributed by atoms with E-state index in [4.69, 9.17) is 5.73 Å². The molecule has 2 fully saturated rings. The van der Waals surface area contributed by atoms with Crippen LogP contribution in [-0.4, -0.2) is 52.5 Å². The number of carbonyl (C=O) groups excluding carboxylic acids is 1. The maximum Gasteiger partial charge on any atom is 0.242 e. The summed E-state index contributed by atoms with van der Waals surface area (Å²) in [6.07, 6.45) is 6.62. The third-order valence-corrected chi connectivity index (χ3v) is 6.10. The molecule has 1 amide bonds. The van der Waals surface area contributed by atoms with Crippen molar-refractivity contribution >= 4 is 33.3 Å². The molecule has 24 heavy (non-hydrogen) atoms. The zero-order valence-electron chi connectivity index (χ0n) is 13.8. The fourth-order valence-electron chi connectivity index (χ4n) is 3.86. The Hall–Kier alpha value is -1.73. The van der Waals surface area contributed by atoms with Crippen LogP contribution in [0.4, 0.5) is 5.82 Å². The maximum atomic E-state index is 12.8. The molecule has 2 aromatic rings. The lowest BCUT2D eigenvalue weighted by Gasteiger charge is -2.41. The number of thiophene rings is 1. The van der Waals surface area contributed by atoms with E-state index >= 15 is 0 Å². The van der Waals surface area contributed by atoms with Gasteiger partial charge >= 0.3 is 0 Å². The van der Waals surface area contributed by atoms with E-state index < -0.39 is 5.54 Å². The van der Waals surface area contributed by atoms with Gasteiger partial charge in [-0.05, 0) is 24.3 Å². The summed E-state index contributed by atoms with van der Waals surface area (Å²) >= 11 is 1.63. The SMILES string of the molecule is NC1(C(=O)N2CCN(c3ncnc4sccc34)CC2)CCCCC1. The molecule has 1 aliphatic carbocycles. The molecule has 4 rings (SSSR count). The number of hydrogen-bond acceptors (Lipinski definition) is 6. The van der Waals surface area contributed by atoms with Crippen LogP contribution in [0.1, 0.15) is 32.1 Å². The summed E-state index contributed by atoms with van der Waals surface area (Å²) in [5.41, 5.74) is 5.79. The predicted molar refractivity (Wildman–Crippen MR) is 96.2 cm³/mol. The Morgan fingerprint density at radius 3 is 2.62 bits per heavy atom. The van der Waals surface area contributed by atoms with E-state index in [0.717, 1.165) is 54.8 Å². The lowest BCUT2D eigenvalue weighted by molar-refractivity contribution is -0.138. The molecule has 0 spiro atoms. The minimum Gasteiger partial charge on any atom is -0.352 e. The Bertz CT molecular complexity index is 731. The van der Waals surface area contributed by atoms with Crippen molar-refractivity contribution in [3.63, 3.8) is 0 Å². The number of piperazine rings is 1. The molecule has 0 bridgehead atoms. The van der Waals surface area contributed by atoms with Crippen LogP contribution >= 0.6 is 11.3 Å². The molecule has 1 saturated carbocycles. The van der Waals surface area contributed by atoms with Crippen molar-refractivity contribution in [2.45, 2.75) is 37.6 Å². The average molecular weight is 345 g/mol. The number of aromatic nitrogens is 2. The van der Waals surface area contributed by atoms with Crippen molar-refractivity contribution in [3.05, 3.63) is 17.8 Å². The molecule has 3 heterocycles. The van der Waals surface area contributed by atoms with Crippen LogP contribution in [0.3, 0.4) is 0 Å². The molecule has 1 aliphatic heterocycles. The van der Waals surface area contributed by atoms with Crippen LogP contribution in [0.25, 0.3) is 10.2 Å². The van der Waals surface area contributed by atoms with E-state index in [0.29, 0.717) is 13.1 Å². The van der Waals surface area contributed by atoms with Crippen molar-refractivity contribution in [1.82, 2.24) is 14.9 Å². The van der Waals surface area contributed by atoms with E-state index in [-0.39, 0.29) is 5.91 Å². The highest BCUT2D eigenvalue weighted by molar-refractivity contribution is 7.16. The third kappa shape index (κ3) is 2.75. The predicted octanol–water partition coefficient (Wildman–Crippen LogP) is 2.00. The zero-order chi connectivity index (χ0) is 16.6. The Kier molecular flexibility index (Phi) is 4.14. The number of rotatable bonds is 2. The van der Waals surface area contributed by atoms with Gasteiger partial charge in [-0.2, -0.15) is 0 Å². The van der Waals surface area contributed by atoms with Crippen LogP contribution in [0, 0.1) is 0 Å².